The van der Waals surface area contributed by atoms with Crippen LogP contribution in [0.2, 0.25) is 0 Å². The van der Waals surface area contributed by atoms with Gasteiger partial charge < -0.3 is 10.4 Å². The first kappa shape index (κ1) is 11.9. The minimum absolute atomic E-state index is 0.0821. The van der Waals surface area contributed by atoms with Crippen molar-refractivity contribution in [1.82, 2.24) is 10.2 Å². The molecule has 4 unspecified atom stereocenters. The molecule has 2 saturated heterocycles. The maximum Gasteiger partial charge on any atom is 0.0695 e. The van der Waals surface area contributed by atoms with Crippen LogP contribution < -0.4 is 5.32 Å². The van der Waals surface area contributed by atoms with Gasteiger partial charge in [-0.1, -0.05) is 12.8 Å². The molecule has 0 aromatic heterocycles. The van der Waals surface area contributed by atoms with Crippen LogP contribution in [0.25, 0.3) is 0 Å². The van der Waals surface area contributed by atoms with Crippen molar-refractivity contribution in [1.29, 1.82) is 0 Å². The van der Waals surface area contributed by atoms with Crippen LogP contribution in [-0.2, 0) is 0 Å². The number of fused-ring (bicyclic) bond motifs is 2. The van der Waals surface area contributed by atoms with Gasteiger partial charge in [-0.3, -0.25) is 4.90 Å². The van der Waals surface area contributed by atoms with Crippen molar-refractivity contribution in [3.8, 4) is 0 Å². The lowest BCUT2D eigenvalue weighted by Gasteiger charge is -2.43. The Bertz CT molecular complexity index is 259. The summed E-state index contributed by atoms with van der Waals surface area (Å²) < 4.78 is 0. The van der Waals surface area contributed by atoms with Crippen LogP contribution >= 0.6 is 0 Å². The van der Waals surface area contributed by atoms with E-state index in [-0.39, 0.29) is 6.10 Å². The summed E-state index contributed by atoms with van der Waals surface area (Å²) in [4.78, 5) is 2.51. The molecule has 1 aliphatic carbocycles. The predicted molar refractivity (Wildman–Crippen MR) is 69.0 cm³/mol. The zero-order chi connectivity index (χ0) is 11.8. The van der Waals surface area contributed by atoms with E-state index in [1.165, 1.54) is 44.9 Å². The Balaban J connectivity index is 1.63. The van der Waals surface area contributed by atoms with Crippen LogP contribution in [0, 0.1) is 0 Å². The molecule has 4 atom stereocenters. The molecule has 98 valence electrons. The average Bonchev–Trinajstić information content (AvgIpc) is 2.68. The molecule has 0 radical (unpaired) electrons. The van der Waals surface area contributed by atoms with Crippen LogP contribution in [0.3, 0.4) is 0 Å². The van der Waals surface area contributed by atoms with Gasteiger partial charge in [-0.15, -0.1) is 0 Å². The van der Waals surface area contributed by atoms with Gasteiger partial charge in [-0.05, 0) is 45.6 Å². The second-order valence-corrected chi connectivity index (χ2v) is 6.35. The molecule has 3 nitrogen and oxygen atoms in total. The number of likely N-dealkylation sites (N-methyl/N-ethyl adjacent to an activating group) is 1. The third-order valence-corrected chi connectivity index (χ3v) is 5.24. The summed E-state index contributed by atoms with van der Waals surface area (Å²) in [6, 6.07) is 2.63. The van der Waals surface area contributed by atoms with Crippen molar-refractivity contribution in [2.45, 2.75) is 81.6 Å². The number of piperidine rings is 1. The average molecular weight is 238 g/mol. The molecule has 0 amide bonds. The molecule has 0 spiro atoms. The summed E-state index contributed by atoms with van der Waals surface area (Å²) in [6.45, 7) is 0. The first-order chi connectivity index (χ1) is 8.24. The minimum atomic E-state index is -0.0821. The first-order valence-electron chi connectivity index (χ1n) is 7.40. The molecule has 2 aliphatic heterocycles. The molecule has 3 aliphatic rings. The van der Waals surface area contributed by atoms with E-state index in [2.05, 4.69) is 17.3 Å². The van der Waals surface area contributed by atoms with Crippen LogP contribution in [0.4, 0.5) is 0 Å². The maximum atomic E-state index is 10.2. The van der Waals surface area contributed by atoms with E-state index in [1.54, 1.807) is 0 Å². The van der Waals surface area contributed by atoms with Crippen LogP contribution in [0.15, 0.2) is 0 Å². The lowest BCUT2D eigenvalue weighted by atomic mass is 9.88. The fourth-order valence-electron chi connectivity index (χ4n) is 4.20. The minimum Gasteiger partial charge on any atom is -0.391 e. The third-order valence-electron chi connectivity index (χ3n) is 5.24. The molecule has 1 saturated carbocycles. The van der Waals surface area contributed by atoms with E-state index >= 15 is 0 Å². The number of aliphatic hydroxyl groups is 1. The number of nitrogens with one attached hydrogen (secondary N) is 1. The number of aliphatic hydroxyl groups excluding tert-OH is 1. The molecule has 3 heteroatoms. The second-order valence-electron chi connectivity index (χ2n) is 6.35. The summed E-state index contributed by atoms with van der Waals surface area (Å²) in [6.07, 6.45) is 9.93. The van der Waals surface area contributed by atoms with Gasteiger partial charge in [0.15, 0.2) is 0 Å². The quantitative estimate of drug-likeness (QED) is 0.765. The SMILES string of the molecule is CN(C1CC2CCC(C1)N2)C1CCCCC1O. The van der Waals surface area contributed by atoms with Gasteiger partial charge >= 0.3 is 0 Å². The van der Waals surface area contributed by atoms with E-state index in [0.717, 1.165) is 18.5 Å². The Labute approximate surface area is 105 Å². The summed E-state index contributed by atoms with van der Waals surface area (Å²) in [7, 11) is 2.24. The maximum absolute atomic E-state index is 10.2. The lowest BCUT2D eigenvalue weighted by molar-refractivity contribution is 0.00235. The highest BCUT2D eigenvalue weighted by molar-refractivity contribution is 4.97. The Morgan fingerprint density at radius 1 is 1.00 bits per heavy atom. The Kier molecular flexibility index (Phi) is 3.42. The number of hydrogen-bond donors (Lipinski definition) is 2. The molecule has 3 rings (SSSR count). The number of nitrogens with zero attached hydrogens (tertiary/aromatic N) is 1. The molecule has 17 heavy (non-hydrogen) atoms. The molecule has 0 aromatic carbocycles. The topological polar surface area (TPSA) is 35.5 Å². The van der Waals surface area contributed by atoms with E-state index < -0.39 is 0 Å². The fraction of sp³-hybridized carbons (Fsp3) is 1.00. The van der Waals surface area contributed by atoms with E-state index in [4.69, 9.17) is 0 Å². The van der Waals surface area contributed by atoms with Crippen molar-refractivity contribution >= 4 is 0 Å². The lowest BCUT2D eigenvalue weighted by Crippen LogP contribution is -2.53. The standard InChI is InChI=1S/C14H26N2O/c1-16(13-4-2-3-5-14(13)17)12-8-10-6-7-11(9-12)15-10/h10-15,17H,2-9H2,1H3. The van der Waals surface area contributed by atoms with Gasteiger partial charge in [0, 0.05) is 24.2 Å². The zero-order valence-corrected chi connectivity index (χ0v) is 10.9. The Hall–Kier alpha value is -0.120. The predicted octanol–water partition coefficient (Wildman–Crippen LogP) is 1.50. The molecule has 2 N–H and O–H groups in total. The van der Waals surface area contributed by atoms with Crippen LogP contribution in [-0.4, -0.2) is 47.3 Å². The molecule has 3 fully saturated rings. The summed E-state index contributed by atoms with van der Waals surface area (Å²) in [5.41, 5.74) is 0. The van der Waals surface area contributed by atoms with Gasteiger partial charge in [0.2, 0.25) is 0 Å². The number of rotatable bonds is 2. The van der Waals surface area contributed by atoms with Gasteiger partial charge in [0.05, 0.1) is 6.10 Å². The van der Waals surface area contributed by atoms with Gasteiger partial charge in [-0.2, -0.15) is 0 Å². The van der Waals surface area contributed by atoms with E-state index in [0.29, 0.717) is 12.1 Å². The summed E-state index contributed by atoms with van der Waals surface area (Å²) in [5, 5.41) is 13.9. The molecule has 2 heterocycles. The Morgan fingerprint density at radius 2 is 1.65 bits per heavy atom. The molecular weight excluding hydrogens is 212 g/mol. The van der Waals surface area contributed by atoms with Crippen molar-refractivity contribution in [2.24, 2.45) is 0 Å². The highest BCUT2D eigenvalue weighted by atomic mass is 16.3. The fourth-order valence-corrected chi connectivity index (χ4v) is 4.20. The summed E-state index contributed by atoms with van der Waals surface area (Å²) in [5.74, 6) is 0. The number of hydrogen-bond acceptors (Lipinski definition) is 3. The summed E-state index contributed by atoms with van der Waals surface area (Å²) >= 11 is 0. The van der Waals surface area contributed by atoms with Crippen LogP contribution in [0.1, 0.15) is 51.4 Å². The first-order valence-corrected chi connectivity index (χ1v) is 7.40. The van der Waals surface area contributed by atoms with Gasteiger partial charge in [-0.25, -0.2) is 0 Å². The Morgan fingerprint density at radius 3 is 2.29 bits per heavy atom. The molecule has 0 aromatic rings. The third kappa shape index (κ3) is 2.38. The van der Waals surface area contributed by atoms with Crippen molar-refractivity contribution in [3.63, 3.8) is 0 Å². The van der Waals surface area contributed by atoms with Gasteiger partial charge in [0.25, 0.3) is 0 Å². The normalized spacial score (nSPS) is 46.4. The van der Waals surface area contributed by atoms with E-state index in [9.17, 15) is 5.11 Å². The van der Waals surface area contributed by atoms with Crippen molar-refractivity contribution in [3.05, 3.63) is 0 Å². The van der Waals surface area contributed by atoms with Crippen molar-refractivity contribution < 1.29 is 5.11 Å². The monoisotopic (exact) mass is 238 g/mol. The van der Waals surface area contributed by atoms with Crippen LogP contribution in [0.5, 0.6) is 0 Å². The molecule has 2 bridgehead atoms. The smallest absolute Gasteiger partial charge is 0.0695 e. The van der Waals surface area contributed by atoms with Gasteiger partial charge in [0.1, 0.15) is 0 Å². The van der Waals surface area contributed by atoms with E-state index in [1.807, 2.05) is 0 Å². The highest BCUT2D eigenvalue weighted by Crippen LogP contribution is 2.32. The van der Waals surface area contributed by atoms with Crippen molar-refractivity contribution in [2.75, 3.05) is 7.05 Å². The second kappa shape index (κ2) is 4.87. The molecular formula is C14H26N2O. The zero-order valence-electron chi connectivity index (χ0n) is 10.9. The largest absolute Gasteiger partial charge is 0.391 e. The highest BCUT2D eigenvalue weighted by Gasteiger charge is 2.38.